The van der Waals surface area contributed by atoms with Crippen LogP contribution in [0.15, 0.2) is 89.7 Å². The third-order valence-corrected chi connectivity index (χ3v) is 6.60. The second-order valence-corrected chi connectivity index (χ2v) is 9.14. The van der Waals surface area contributed by atoms with Gasteiger partial charge in [0, 0.05) is 57.3 Å². The van der Waals surface area contributed by atoms with Crippen molar-refractivity contribution >= 4 is 61.0 Å². The van der Waals surface area contributed by atoms with E-state index in [9.17, 15) is 4.79 Å². The molecule has 0 radical (unpaired) electrons. The molecule has 0 aliphatic rings. The Kier molecular flexibility index (Phi) is 5.98. The standard InChI is InChI=1S/C26H21BrN4OS/c27-20-9-7-17(8-10-20)25(32)30-26(33)31(15-18-3-1-5-23-21(18)11-13-28-23)16-19-4-2-6-24-22(19)12-14-29-24/h1-14,28-29H,15-16H2,(H,30,32,33). The van der Waals surface area contributed by atoms with Crippen molar-refractivity contribution in [3.05, 3.63) is 106 Å². The van der Waals surface area contributed by atoms with E-state index in [0.717, 1.165) is 37.4 Å². The zero-order valence-electron chi connectivity index (χ0n) is 17.6. The molecule has 3 N–H and O–H groups in total. The number of nitrogens with one attached hydrogen (secondary N) is 3. The van der Waals surface area contributed by atoms with Crippen LogP contribution in [-0.2, 0) is 13.1 Å². The Morgan fingerprint density at radius 3 is 1.91 bits per heavy atom. The molecule has 0 spiro atoms. The van der Waals surface area contributed by atoms with Crippen molar-refractivity contribution in [1.82, 2.24) is 20.2 Å². The number of nitrogens with zero attached hydrogens (tertiary/aromatic N) is 1. The number of hydrogen-bond acceptors (Lipinski definition) is 2. The third-order valence-electron chi connectivity index (χ3n) is 5.71. The van der Waals surface area contributed by atoms with Crippen LogP contribution in [0, 0.1) is 0 Å². The fourth-order valence-corrected chi connectivity index (χ4v) is 4.52. The van der Waals surface area contributed by atoms with E-state index in [1.54, 1.807) is 12.1 Å². The van der Waals surface area contributed by atoms with Gasteiger partial charge in [-0.25, -0.2) is 0 Å². The highest BCUT2D eigenvalue weighted by Gasteiger charge is 2.17. The maximum absolute atomic E-state index is 12.9. The van der Waals surface area contributed by atoms with Gasteiger partial charge in [0.2, 0.25) is 0 Å². The Hall–Kier alpha value is -3.42. The van der Waals surface area contributed by atoms with E-state index < -0.39 is 0 Å². The number of carbonyl (C=O) groups excluding carboxylic acids is 1. The van der Waals surface area contributed by atoms with Gasteiger partial charge in [0.15, 0.2) is 5.11 Å². The fourth-order valence-electron chi connectivity index (χ4n) is 4.04. The molecule has 0 aliphatic carbocycles. The molecule has 0 fully saturated rings. The molecule has 0 unspecified atom stereocenters. The Bertz CT molecular complexity index is 1380. The Labute approximate surface area is 204 Å². The molecule has 5 aromatic rings. The summed E-state index contributed by atoms with van der Waals surface area (Å²) in [6, 6.07) is 23.7. The van der Waals surface area contributed by atoms with Gasteiger partial charge in [-0.3, -0.25) is 10.1 Å². The predicted molar refractivity (Wildman–Crippen MR) is 140 cm³/mol. The first kappa shape index (κ1) is 21.4. The van der Waals surface area contributed by atoms with E-state index in [1.165, 1.54) is 0 Å². The molecule has 2 aromatic heterocycles. The summed E-state index contributed by atoms with van der Waals surface area (Å²) in [5.74, 6) is -0.225. The quantitative estimate of drug-likeness (QED) is 0.246. The van der Waals surface area contributed by atoms with Crippen LogP contribution in [-0.4, -0.2) is 25.9 Å². The molecule has 0 bridgehead atoms. The summed E-state index contributed by atoms with van der Waals surface area (Å²) in [4.78, 5) is 21.4. The first-order valence-electron chi connectivity index (χ1n) is 10.5. The largest absolute Gasteiger partial charge is 0.361 e. The lowest BCUT2D eigenvalue weighted by Gasteiger charge is -2.26. The van der Waals surface area contributed by atoms with Gasteiger partial charge in [-0.15, -0.1) is 0 Å². The van der Waals surface area contributed by atoms with Crippen LogP contribution in [0.1, 0.15) is 21.5 Å². The maximum Gasteiger partial charge on any atom is 0.257 e. The van der Waals surface area contributed by atoms with Gasteiger partial charge in [-0.2, -0.15) is 0 Å². The number of aromatic nitrogens is 2. The van der Waals surface area contributed by atoms with Crippen LogP contribution in [0.25, 0.3) is 21.8 Å². The molecule has 164 valence electrons. The molecule has 5 nitrogen and oxygen atoms in total. The van der Waals surface area contributed by atoms with Crippen molar-refractivity contribution in [3.8, 4) is 0 Å². The summed E-state index contributed by atoms with van der Waals surface area (Å²) >= 11 is 9.15. The number of aromatic amines is 2. The monoisotopic (exact) mass is 516 g/mol. The average Bonchev–Trinajstić information content (AvgIpc) is 3.49. The summed E-state index contributed by atoms with van der Waals surface area (Å²) in [5, 5.41) is 5.61. The number of amides is 1. The zero-order valence-corrected chi connectivity index (χ0v) is 20.0. The van der Waals surface area contributed by atoms with Crippen LogP contribution in [0.4, 0.5) is 0 Å². The maximum atomic E-state index is 12.9. The number of fused-ring (bicyclic) bond motifs is 2. The minimum atomic E-state index is -0.225. The molecule has 3 aromatic carbocycles. The second-order valence-electron chi connectivity index (χ2n) is 7.83. The van der Waals surface area contributed by atoms with E-state index in [1.807, 2.05) is 41.6 Å². The number of H-pyrrole nitrogens is 2. The number of halogens is 1. The van der Waals surface area contributed by atoms with E-state index in [0.29, 0.717) is 23.8 Å². The van der Waals surface area contributed by atoms with E-state index in [2.05, 4.69) is 67.6 Å². The van der Waals surface area contributed by atoms with Crippen LogP contribution in [0.2, 0.25) is 0 Å². The van der Waals surface area contributed by atoms with Gasteiger partial charge in [0.1, 0.15) is 0 Å². The molecular weight excluding hydrogens is 496 g/mol. The number of hydrogen-bond donors (Lipinski definition) is 3. The smallest absolute Gasteiger partial charge is 0.257 e. The van der Waals surface area contributed by atoms with Crippen LogP contribution in [0.5, 0.6) is 0 Å². The highest BCUT2D eigenvalue weighted by atomic mass is 79.9. The fraction of sp³-hybridized carbons (Fsp3) is 0.0769. The zero-order chi connectivity index (χ0) is 22.8. The van der Waals surface area contributed by atoms with Crippen LogP contribution in [0.3, 0.4) is 0 Å². The molecule has 1 amide bonds. The molecule has 5 rings (SSSR count). The molecule has 0 saturated carbocycles. The van der Waals surface area contributed by atoms with Crippen LogP contribution < -0.4 is 5.32 Å². The molecule has 2 heterocycles. The molecule has 7 heteroatoms. The van der Waals surface area contributed by atoms with E-state index in [4.69, 9.17) is 12.2 Å². The molecule has 0 aliphatic heterocycles. The van der Waals surface area contributed by atoms with Crippen molar-refractivity contribution in [2.24, 2.45) is 0 Å². The van der Waals surface area contributed by atoms with Gasteiger partial charge in [-0.05, 0) is 71.9 Å². The minimum Gasteiger partial charge on any atom is -0.361 e. The summed E-state index contributed by atoms with van der Waals surface area (Å²) < 4.78 is 0.919. The number of thiocarbonyl (C=S) groups is 1. The highest BCUT2D eigenvalue weighted by molar-refractivity contribution is 9.10. The topological polar surface area (TPSA) is 63.9 Å². The predicted octanol–water partition coefficient (Wildman–Crippen LogP) is 6.13. The summed E-state index contributed by atoms with van der Waals surface area (Å²) in [5.41, 5.74) is 4.97. The van der Waals surface area contributed by atoms with Crippen molar-refractivity contribution in [2.75, 3.05) is 0 Å². The van der Waals surface area contributed by atoms with Gasteiger partial charge in [0.05, 0.1) is 0 Å². The second kappa shape index (κ2) is 9.21. The Balaban J connectivity index is 1.45. The van der Waals surface area contributed by atoms with Gasteiger partial charge >= 0.3 is 0 Å². The van der Waals surface area contributed by atoms with Crippen LogP contribution >= 0.6 is 28.1 Å². The van der Waals surface area contributed by atoms with Crippen molar-refractivity contribution in [3.63, 3.8) is 0 Å². The Morgan fingerprint density at radius 1 is 0.818 bits per heavy atom. The van der Waals surface area contributed by atoms with Gasteiger partial charge in [0.25, 0.3) is 5.91 Å². The first-order valence-corrected chi connectivity index (χ1v) is 11.7. The summed E-state index contributed by atoms with van der Waals surface area (Å²) in [6.07, 6.45) is 3.87. The van der Waals surface area contributed by atoms with Gasteiger partial charge < -0.3 is 14.9 Å². The SMILES string of the molecule is O=C(NC(=S)N(Cc1cccc2[nH]ccc12)Cc1cccc2[nH]ccc12)c1ccc(Br)cc1. The van der Waals surface area contributed by atoms with Gasteiger partial charge in [-0.1, -0.05) is 40.2 Å². The van der Waals surface area contributed by atoms with Crippen molar-refractivity contribution < 1.29 is 4.79 Å². The lowest BCUT2D eigenvalue weighted by atomic mass is 10.1. The third kappa shape index (κ3) is 4.55. The summed E-state index contributed by atoms with van der Waals surface area (Å²) in [6.45, 7) is 1.13. The van der Waals surface area contributed by atoms with Crippen molar-refractivity contribution in [1.29, 1.82) is 0 Å². The number of rotatable bonds is 5. The number of benzene rings is 3. The Morgan fingerprint density at radius 2 is 1.36 bits per heavy atom. The van der Waals surface area contributed by atoms with Crippen molar-refractivity contribution in [2.45, 2.75) is 13.1 Å². The average molecular weight is 517 g/mol. The first-order chi connectivity index (χ1) is 16.1. The molecule has 33 heavy (non-hydrogen) atoms. The minimum absolute atomic E-state index is 0.225. The van der Waals surface area contributed by atoms with E-state index in [-0.39, 0.29) is 5.91 Å². The summed E-state index contributed by atoms with van der Waals surface area (Å²) in [7, 11) is 0. The lowest BCUT2D eigenvalue weighted by Crippen LogP contribution is -2.42. The van der Waals surface area contributed by atoms with E-state index >= 15 is 0 Å². The number of carbonyl (C=O) groups is 1. The molecular formula is C26H21BrN4OS. The molecule has 0 atom stereocenters. The highest BCUT2D eigenvalue weighted by Crippen LogP contribution is 2.23. The normalized spacial score (nSPS) is 11.1. The molecule has 0 saturated heterocycles. The lowest BCUT2D eigenvalue weighted by molar-refractivity contribution is 0.0972.